The molecule has 6 heteroatoms. The first-order chi connectivity index (χ1) is 14.0. The van der Waals surface area contributed by atoms with Gasteiger partial charge >= 0.3 is 5.97 Å². The van der Waals surface area contributed by atoms with Crippen molar-refractivity contribution in [2.45, 2.75) is 6.42 Å². The van der Waals surface area contributed by atoms with Gasteiger partial charge in [-0.15, -0.1) is 0 Å². The van der Waals surface area contributed by atoms with Gasteiger partial charge in [-0.2, -0.15) is 0 Å². The molecule has 1 aliphatic carbocycles. The molecule has 3 aromatic carbocycles. The predicted octanol–water partition coefficient (Wildman–Crippen LogP) is 5.52. The molecule has 0 aliphatic heterocycles. The second kappa shape index (κ2) is 7.91. The summed E-state index contributed by atoms with van der Waals surface area (Å²) in [4.78, 5) is 10.9. The average Bonchev–Trinajstić information content (AvgIpc) is 3.49. The summed E-state index contributed by atoms with van der Waals surface area (Å²) in [5.41, 5.74) is 0.980. The maximum Gasteiger partial charge on any atom is 0.306 e. The third-order valence-electron chi connectivity index (χ3n) is 4.84. The minimum Gasteiger partial charge on any atom is -0.493 e. The van der Waals surface area contributed by atoms with Crippen molar-refractivity contribution < 1.29 is 28.2 Å². The number of hydrogen-bond donors (Lipinski definition) is 1. The van der Waals surface area contributed by atoms with Gasteiger partial charge in [-0.3, -0.25) is 4.79 Å². The van der Waals surface area contributed by atoms with E-state index >= 15 is 0 Å². The van der Waals surface area contributed by atoms with Gasteiger partial charge in [-0.1, -0.05) is 18.2 Å². The molecule has 3 aromatic rings. The zero-order chi connectivity index (χ0) is 20.4. The maximum atomic E-state index is 14.3. The lowest BCUT2D eigenvalue weighted by Crippen LogP contribution is -2.06. The van der Waals surface area contributed by atoms with Gasteiger partial charge in [0.1, 0.15) is 28.9 Å². The minimum atomic E-state index is -0.787. The minimum absolute atomic E-state index is 0.0428. The van der Waals surface area contributed by atoms with Crippen LogP contribution in [0.4, 0.5) is 8.78 Å². The summed E-state index contributed by atoms with van der Waals surface area (Å²) in [5, 5.41) is 8.92. The fraction of sp³-hybridized carbons (Fsp3) is 0.174. The fourth-order valence-corrected chi connectivity index (χ4v) is 3.12. The Morgan fingerprint density at radius 1 is 0.966 bits per heavy atom. The second-order valence-corrected chi connectivity index (χ2v) is 6.98. The molecule has 0 saturated heterocycles. The molecule has 0 heterocycles. The lowest BCUT2D eigenvalue weighted by atomic mass is 10.0. The van der Waals surface area contributed by atoms with Crippen molar-refractivity contribution in [2.24, 2.45) is 11.8 Å². The molecule has 1 aliphatic rings. The standard InChI is InChI=1S/C23H18F2O4/c24-16-2-1-3-18(11-16)29-19-8-9-22(25)20(12-19)14-4-6-17(7-5-14)28-13-15-10-21(15)23(26)27/h1-9,11-12,15,21H,10,13H2,(H,26,27). The molecule has 148 valence electrons. The molecule has 0 spiro atoms. The highest BCUT2D eigenvalue weighted by atomic mass is 19.1. The van der Waals surface area contributed by atoms with Crippen LogP contribution in [-0.2, 0) is 4.79 Å². The van der Waals surface area contributed by atoms with Crippen LogP contribution in [0.1, 0.15) is 6.42 Å². The highest BCUT2D eigenvalue weighted by Gasteiger charge is 2.43. The molecule has 0 radical (unpaired) electrons. The molecule has 1 saturated carbocycles. The Hall–Kier alpha value is -3.41. The predicted molar refractivity (Wildman–Crippen MR) is 103 cm³/mol. The molecular weight excluding hydrogens is 378 g/mol. The summed E-state index contributed by atoms with van der Waals surface area (Å²) < 4.78 is 38.9. The molecule has 0 aromatic heterocycles. The molecule has 4 rings (SSSR count). The van der Waals surface area contributed by atoms with Crippen molar-refractivity contribution in [1.29, 1.82) is 0 Å². The average molecular weight is 396 g/mol. The van der Waals surface area contributed by atoms with Crippen LogP contribution in [0.5, 0.6) is 17.2 Å². The number of hydrogen-bond acceptors (Lipinski definition) is 3. The van der Waals surface area contributed by atoms with Gasteiger partial charge in [-0.25, -0.2) is 8.78 Å². The largest absolute Gasteiger partial charge is 0.493 e. The van der Waals surface area contributed by atoms with Gasteiger partial charge < -0.3 is 14.6 Å². The van der Waals surface area contributed by atoms with E-state index in [0.717, 1.165) is 0 Å². The number of ether oxygens (including phenoxy) is 2. The molecule has 4 nitrogen and oxygen atoms in total. The van der Waals surface area contributed by atoms with Crippen LogP contribution >= 0.6 is 0 Å². The molecule has 1 fully saturated rings. The lowest BCUT2D eigenvalue weighted by molar-refractivity contribution is -0.138. The Kier molecular flexibility index (Phi) is 5.16. The van der Waals surface area contributed by atoms with Gasteiger partial charge in [0.05, 0.1) is 12.5 Å². The molecule has 0 amide bonds. The third kappa shape index (κ3) is 4.54. The second-order valence-electron chi connectivity index (χ2n) is 6.98. The van der Waals surface area contributed by atoms with E-state index in [0.29, 0.717) is 41.4 Å². The summed E-state index contributed by atoms with van der Waals surface area (Å²) in [6.07, 6.45) is 0.636. The molecule has 0 bridgehead atoms. The SMILES string of the molecule is O=C(O)C1CC1COc1ccc(-c2cc(Oc3cccc(F)c3)ccc2F)cc1. The highest BCUT2D eigenvalue weighted by molar-refractivity contribution is 5.73. The van der Waals surface area contributed by atoms with E-state index in [2.05, 4.69) is 0 Å². The summed E-state index contributed by atoms with van der Waals surface area (Å²) in [6, 6.07) is 16.9. The fourth-order valence-electron chi connectivity index (χ4n) is 3.12. The van der Waals surface area contributed by atoms with Gasteiger partial charge in [-0.05, 0) is 54.4 Å². The summed E-state index contributed by atoms with van der Waals surface area (Å²) in [5.74, 6) is -0.576. The van der Waals surface area contributed by atoms with Crippen LogP contribution < -0.4 is 9.47 Å². The highest BCUT2D eigenvalue weighted by Crippen LogP contribution is 2.39. The summed E-state index contributed by atoms with van der Waals surface area (Å²) >= 11 is 0. The Morgan fingerprint density at radius 3 is 2.38 bits per heavy atom. The summed E-state index contributed by atoms with van der Waals surface area (Å²) in [7, 11) is 0. The third-order valence-corrected chi connectivity index (χ3v) is 4.84. The molecule has 1 N–H and O–H groups in total. The van der Waals surface area contributed by atoms with Crippen LogP contribution in [0.15, 0.2) is 66.7 Å². The van der Waals surface area contributed by atoms with E-state index in [1.807, 2.05) is 0 Å². The van der Waals surface area contributed by atoms with Crippen molar-refractivity contribution >= 4 is 5.97 Å². The van der Waals surface area contributed by atoms with Gasteiger partial charge in [0.25, 0.3) is 0 Å². The number of halogens is 2. The first-order valence-electron chi connectivity index (χ1n) is 9.18. The number of rotatable bonds is 7. The number of carboxylic acids is 1. The quantitative estimate of drug-likeness (QED) is 0.571. The van der Waals surface area contributed by atoms with Crippen molar-refractivity contribution in [3.63, 3.8) is 0 Å². The first kappa shape index (κ1) is 18.9. The normalized spacial score (nSPS) is 17.6. The van der Waals surface area contributed by atoms with Gasteiger partial charge in [0.15, 0.2) is 0 Å². The Labute approximate surface area is 166 Å². The van der Waals surface area contributed by atoms with E-state index in [9.17, 15) is 13.6 Å². The smallest absolute Gasteiger partial charge is 0.306 e. The molecule has 2 unspecified atom stereocenters. The topological polar surface area (TPSA) is 55.8 Å². The van der Waals surface area contributed by atoms with E-state index < -0.39 is 17.6 Å². The monoisotopic (exact) mass is 396 g/mol. The maximum absolute atomic E-state index is 14.3. The van der Waals surface area contributed by atoms with Crippen LogP contribution in [0.3, 0.4) is 0 Å². The van der Waals surface area contributed by atoms with E-state index in [1.165, 1.54) is 30.3 Å². The van der Waals surface area contributed by atoms with Crippen LogP contribution in [0, 0.1) is 23.5 Å². The summed E-state index contributed by atoms with van der Waals surface area (Å²) in [6.45, 7) is 0.349. The van der Waals surface area contributed by atoms with E-state index in [-0.39, 0.29) is 11.8 Å². The molecule has 29 heavy (non-hydrogen) atoms. The molecular formula is C23H18F2O4. The van der Waals surface area contributed by atoms with E-state index in [1.54, 1.807) is 36.4 Å². The van der Waals surface area contributed by atoms with Crippen LogP contribution in [-0.4, -0.2) is 17.7 Å². The Balaban J connectivity index is 1.45. The van der Waals surface area contributed by atoms with Crippen molar-refractivity contribution in [1.82, 2.24) is 0 Å². The number of carbonyl (C=O) groups is 1. The zero-order valence-corrected chi connectivity index (χ0v) is 15.3. The van der Waals surface area contributed by atoms with E-state index in [4.69, 9.17) is 14.6 Å². The Morgan fingerprint density at radius 2 is 1.69 bits per heavy atom. The van der Waals surface area contributed by atoms with Crippen LogP contribution in [0.2, 0.25) is 0 Å². The Bertz CT molecular complexity index is 1030. The van der Waals surface area contributed by atoms with Gasteiger partial charge in [0, 0.05) is 17.5 Å². The first-order valence-corrected chi connectivity index (χ1v) is 9.18. The lowest BCUT2D eigenvalue weighted by Gasteiger charge is -2.10. The number of carboxylic acid groups (broad SMARTS) is 1. The van der Waals surface area contributed by atoms with Gasteiger partial charge in [0.2, 0.25) is 0 Å². The van der Waals surface area contributed by atoms with Crippen molar-refractivity contribution in [2.75, 3.05) is 6.61 Å². The number of aliphatic carboxylic acids is 1. The zero-order valence-electron chi connectivity index (χ0n) is 15.3. The van der Waals surface area contributed by atoms with Crippen molar-refractivity contribution in [3.8, 4) is 28.4 Å². The van der Waals surface area contributed by atoms with Crippen LogP contribution in [0.25, 0.3) is 11.1 Å². The number of benzene rings is 3. The molecule has 2 atom stereocenters. The van der Waals surface area contributed by atoms with Crippen molar-refractivity contribution in [3.05, 3.63) is 78.4 Å².